The van der Waals surface area contributed by atoms with Crippen LogP contribution in [-0.4, -0.2) is 10.9 Å². The smallest absolute Gasteiger partial charge is 0.416 e. The van der Waals surface area contributed by atoms with Crippen LogP contribution in [0, 0.1) is 0 Å². The summed E-state index contributed by atoms with van der Waals surface area (Å²) in [5.41, 5.74) is -0.159. The summed E-state index contributed by atoms with van der Waals surface area (Å²) in [5.74, 6) is -0.274. The minimum atomic E-state index is -4.37. The number of thiazole rings is 1. The number of anilines is 1. The molecule has 8 heteroatoms. The molecule has 0 radical (unpaired) electrons. The second-order valence-corrected chi connectivity index (χ2v) is 6.05. The molecule has 0 bridgehead atoms. The first kappa shape index (κ1) is 16.3. The van der Waals surface area contributed by atoms with Crippen molar-refractivity contribution in [2.75, 3.05) is 5.32 Å². The number of nitrogens with one attached hydrogen (secondary N) is 1. The van der Waals surface area contributed by atoms with Gasteiger partial charge in [-0.1, -0.05) is 18.2 Å². The molecule has 0 atom stereocenters. The lowest BCUT2D eigenvalue weighted by atomic mass is 10.1. The summed E-state index contributed by atoms with van der Waals surface area (Å²) in [4.78, 5) is 16.6. The molecule has 0 unspecified atom stereocenters. The van der Waals surface area contributed by atoms with Gasteiger partial charge in [-0.15, -0.1) is 11.3 Å². The number of aromatic nitrogens is 1. The van der Waals surface area contributed by atoms with Gasteiger partial charge in [0, 0.05) is 17.5 Å². The van der Waals surface area contributed by atoms with E-state index in [1.165, 1.54) is 35.9 Å². The molecule has 3 rings (SSSR count). The molecule has 0 aliphatic heterocycles. The van der Waals surface area contributed by atoms with Gasteiger partial charge >= 0.3 is 6.18 Å². The molecule has 4 nitrogen and oxygen atoms in total. The second kappa shape index (κ2) is 6.48. The van der Waals surface area contributed by atoms with Crippen LogP contribution in [0.5, 0.6) is 0 Å². The van der Waals surface area contributed by atoms with E-state index in [2.05, 4.69) is 10.3 Å². The van der Waals surface area contributed by atoms with E-state index < -0.39 is 17.6 Å². The van der Waals surface area contributed by atoms with Gasteiger partial charge in [-0.3, -0.25) is 10.1 Å². The van der Waals surface area contributed by atoms with Crippen LogP contribution in [0.4, 0.5) is 18.3 Å². The lowest BCUT2D eigenvalue weighted by molar-refractivity contribution is -0.137. The number of amides is 1. The highest BCUT2D eigenvalue weighted by Crippen LogP contribution is 2.30. The second-order valence-electron chi connectivity index (χ2n) is 4.94. The van der Waals surface area contributed by atoms with Crippen molar-refractivity contribution in [2.45, 2.75) is 12.6 Å². The summed E-state index contributed by atoms with van der Waals surface area (Å²) in [6, 6.07) is 8.25. The molecule has 0 aliphatic carbocycles. The van der Waals surface area contributed by atoms with E-state index in [1.54, 1.807) is 12.1 Å². The number of furan rings is 1. The zero-order chi connectivity index (χ0) is 17.2. The number of rotatable bonds is 4. The summed E-state index contributed by atoms with van der Waals surface area (Å²) in [6.07, 6.45) is -1.15. The number of benzene rings is 1. The van der Waals surface area contributed by atoms with Gasteiger partial charge in [-0.05, 0) is 23.8 Å². The number of hydrogen-bond acceptors (Lipinski definition) is 4. The summed E-state index contributed by atoms with van der Waals surface area (Å²) in [7, 11) is 0. The van der Waals surface area contributed by atoms with Gasteiger partial charge in [-0.2, -0.15) is 13.2 Å². The fourth-order valence-electron chi connectivity index (χ4n) is 2.07. The predicted octanol–water partition coefficient (Wildman–Crippen LogP) is 4.60. The van der Waals surface area contributed by atoms with E-state index in [0.717, 1.165) is 17.0 Å². The van der Waals surface area contributed by atoms with Gasteiger partial charge in [0.05, 0.1) is 11.8 Å². The molecular weight excluding hydrogens is 341 g/mol. The van der Waals surface area contributed by atoms with Gasteiger partial charge in [0.2, 0.25) is 0 Å². The van der Waals surface area contributed by atoms with Crippen molar-refractivity contribution in [2.24, 2.45) is 0 Å². The molecular formula is C16H11F3N2O2S. The van der Waals surface area contributed by atoms with Crippen molar-refractivity contribution in [3.05, 3.63) is 70.6 Å². The highest BCUT2D eigenvalue weighted by atomic mass is 32.1. The fraction of sp³-hybridized carbons (Fsp3) is 0.125. The first-order valence-corrected chi connectivity index (χ1v) is 7.69. The summed E-state index contributed by atoms with van der Waals surface area (Å²) in [5, 5.41) is 2.94. The Labute approximate surface area is 139 Å². The normalized spacial score (nSPS) is 11.5. The maximum atomic E-state index is 12.7. The monoisotopic (exact) mass is 352 g/mol. The van der Waals surface area contributed by atoms with Crippen LogP contribution in [0.15, 0.2) is 53.3 Å². The van der Waals surface area contributed by atoms with Crippen LogP contribution in [0.25, 0.3) is 0 Å². The average molecular weight is 352 g/mol. The Hall–Kier alpha value is -2.61. The molecule has 1 N–H and O–H groups in total. The van der Waals surface area contributed by atoms with Crippen molar-refractivity contribution in [3.63, 3.8) is 0 Å². The van der Waals surface area contributed by atoms with Crippen molar-refractivity contribution in [1.82, 2.24) is 4.98 Å². The topological polar surface area (TPSA) is 55.1 Å². The molecule has 2 aromatic heterocycles. The zero-order valence-electron chi connectivity index (χ0n) is 12.1. The fourth-order valence-corrected chi connectivity index (χ4v) is 2.91. The maximum absolute atomic E-state index is 12.7. The van der Waals surface area contributed by atoms with E-state index in [4.69, 9.17) is 4.42 Å². The van der Waals surface area contributed by atoms with E-state index in [1.807, 2.05) is 0 Å². The van der Waals surface area contributed by atoms with Crippen LogP contribution in [0.3, 0.4) is 0 Å². The Morgan fingerprint density at radius 3 is 2.79 bits per heavy atom. The molecule has 124 valence electrons. The lowest BCUT2D eigenvalue weighted by Crippen LogP contribution is -2.10. The molecule has 0 saturated heterocycles. The van der Waals surface area contributed by atoms with Crippen LogP contribution < -0.4 is 5.32 Å². The summed E-state index contributed by atoms with van der Waals surface area (Å²) >= 11 is 1.20. The molecule has 2 heterocycles. The molecule has 0 aliphatic rings. The molecule has 0 saturated carbocycles. The minimum Gasteiger partial charge on any atom is -0.459 e. The van der Waals surface area contributed by atoms with Crippen LogP contribution in [0.1, 0.15) is 26.6 Å². The van der Waals surface area contributed by atoms with Crippen LogP contribution in [-0.2, 0) is 12.6 Å². The van der Waals surface area contributed by atoms with Crippen molar-refractivity contribution in [3.8, 4) is 0 Å². The van der Waals surface area contributed by atoms with Crippen LogP contribution >= 0.6 is 11.3 Å². The zero-order valence-corrected chi connectivity index (χ0v) is 12.9. The Kier molecular flexibility index (Phi) is 4.39. The van der Waals surface area contributed by atoms with Gasteiger partial charge in [0.1, 0.15) is 0 Å². The molecule has 1 aromatic carbocycles. The summed E-state index contributed by atoms with van der Waals surface area (Å²) < 4.78 is 43.1. The Balaban J connectivity index is 1.69. The number of nitrogens with zero attached hydrogens (tertiary/aromatic N) is 1. The standard InChI is InChI=1S/C16H11F3N2O2S/c17-16(18,19)11-4-1-3-10(7-11)8-12-9-20-15(24-12)21-14(22)13-5-2-6-23-13/h1-7,9H,8H2,(H,20,21,22). The number of hydrogen-bond donors (Lipinski definition) is 1. The number of carbonyl (C=O) groups is 1. The Morgan fingerprint density at radius 1 is 1.25 bits per heavy atom. The third kappa shape index (κ3) is 3.83. The highest BCUT2D eigenvalue weighted by Gasteiger charge is 2.30. The molecule has 0 fully saturated rings. The minimum absolute atomic E-state index is 0.157. The third-order valence-electron chi connectivity index (χ3n) is 3.15. The largest absolute Gasteiger partial charge is 0.459 e. The van der Waals surface area contributed by atoms with Crippen molar-refractivity contribution >= 4 is 22.4 Å². The first-order valence-electron chi connectivity index (χ1n) is 6.87. The summed E-state index contributed by atoms with van der Waals surface area (Å²) in [6.45, 7) is 0. The first-order chi connectivity index (χ1) is 11.4. The average Bonchev–Trinajstić information content (AvgIpc) is 3.18. The third-order valence-corrected chi connectivity index (χ3v) is 4.06. The van der Waals surface area contributed by atoms with Gasteiger partial charge in [0.15, 0.2) is 10.9 Å². The van der Waals surface area contributed by atoms with E-state index in [0.29, 0.717) is 17.1 Å². The number of carbonyl (C=O) groups excluding carboxylic acids is 1. The quantitative estimate of drug-likeness (QED) is 0.747. The maximum Gasteiger partial charge on any atom is 0.416 e. The lowest BCUT2D eigenvalue weighted by Gasteiger charge is -2.07. The van der Waals surface area contributed by atoms with Crippen molar-refractivity contribution in [1.29, 1.82) is 0 Å². The Bertz CT molecular complexity index is 841. The number of halogens is 3. The van der Waals surface area contributed by atoms with Gasteiger partial charge in [0.25, 0.3) is 5.91 Å². The van der Waals surface area contributed by atoms with E-state index in [-0.39, 0.29) is 5.76 Å². The molecule has 0 spiro atoms. The molecule has 3 aromatic rings. The van der Waals surface area contributed by atoms with E-state index >= 15 is 0 Å². The van der Waals surface area contributed by atoms with Crippen molar-refractivity contribution < 1.29 is 22.4 Å². The van der Waals surface area contributed by atoms with Gasteiger partial charge < -0.3 is 4.42 Å². The molecule has 24 heavy (non-hydrogen) atoms. The predicted molar refractivity (Wildman–Crippen MR) is 83.0 cm³/mol. The van der Waals surface area contributed by atoms with E-state index in [9.17, 15) is 18.0 Å². The Morgan fingerprint density at radius 2 is 2.08 bits per heavy atom. The number of alkyl halides is 3. The van der Waals surface area contributed by atoms with Crippen LogP contribution in [0.2, 0.25) is 0 Å². The highest BCUT2D eigenvalue weighted by molar-refractivity contribution is 7.15. The molecule has 1 amide bonds. The van der Waals surface area contributed by atoms with Gasteiger partial charge in [-0.25, -0.2) is 4.98 Å². The SMILES string of the molecule is O=C(Nc1ncc(Cc2cccc(C(F)(F)F)c2)s1)c1ccco1.